The van der Waals surface area contributed by atoms with Crippen molar-refractivity contribution in [1.29, 1.82) is 0 Å². The van der Waals surface area contributed by atoms with E-state index in [0.29, 0.717) is 0 Å². The first-order valence-electron chi connectivity index (χ1n) is 6.94. The van der Waals surface area contributed by atoms with Crippen molar-refractivity contribution in [3.05, 3.63) is 35.9 Å². The second-order valence-corrected chi connectivity index (χ2v) is 5.75. The van der Waals surface area contributed by atoms with Gasteiger partial charge in [0.2, 0.25) is 0 Å². The molecule has 1 aromatic rings. The molecule has 1 fully saturated rings. The van der Waals surface area contributed by atoms with Crippen LogP contribution in [-0.4, -0.2) is 10.7 Å². The van der Waals surface area contributed by atoms with E-state index in [1.807, 2.05) is 0 Å². The Morgan fingerprint density at radius 1 is 1.18 bits per heavy atom. The summed E-state index contributed by atoms with van der Waals surface area (Å²) in [7, 11) is 0. The monoisotopic (exact) mass is 232 g/mol. The molecule has 1 aromatic carbocycles. The van der Waals surface area contributed by atoms with Crippen LogP contribution in [0, 0.1) is 5.92 Å². The fraction of sp³-hybridized carbons (Fsp3) is 0.625. The van der Waals surface area contributed by atoms with Crippen LogP contribution in [0.5, 0.6) is 0 Å². The summed E-state index contributed by atoms with van der Waals surface area (Å²) in [5.41, 5.74) is 1.03. The van der Waals surface area contributed by atoms with E-state index in [1.54, 1.807) is 0 Å². The van der Waals surface area contributed by atoms with E-state index in [2.05, 4.69) is 37.3 Å². The van der Waals surface area contributed by atoms with Crippen molar-refractivity contribution in [2.45, 2.75) is 57.5 Å². The standard InChI is InChI=1S/C16H24O/c1-14-9-12-16(17,13-10-14)11-5-8-15-6-3-2-4-7-15/h2-4,6-7,14,17H,5,8-13H2,1H3. The van der Waals surface area contributed by atoms with Crippen molar-refractivity contribution in [2.75, 3.05) is 0 Å². The SMILES string of the molecule is CC1CCC(O)(CCCc2ccccc2)CC1. The summed E-state index contributed by atoms with van der Waals surface area (Å²) in [6.07, 6.45) is 7.57. The van der Waals surface area contributed by atoms with E-state index in [9.17, 15) is 5.11 Å². The highest BCUT2D eigenvalue weighted by atomic mass is 16.3. The lowest BCUT2D eigenvalue weighted by atomic mass is 9.77. The molecule has 0 amide bonds. The Kier molecular flexibility index (Phi) is 4.22. The van der Waals surface area contributed by atoms with Crippen LogP contribution in [0.1, 0.15) is 51.0 Å². The van der Waals surface area contributed by atoms with Gasteiger partial charge >= 0.3 is 0 Å². The zero-order chi connectivity index (χ0) is 12.1. The van der Waals surface area contributed by atoms with Gasteiger partial charge in [0, 0.05) is 0 Å². The van der Waals surface area contributed by atoms with Gasteiger partial charge in [-0.2, -0.15) is 0 Å². The number of aryl methyl sites for hydroxylation is 1. The molecule has 0 spiro atoms. The minimum atomic E-state index is -0.360. The highest BCUT2D eigenvalue weighted by Gasteiger charge is 2.30. The molecule has 0 atom stereocenters. The van der Waals surface area contributed by atoms with Gasteiger partial charge in [-0.1, -0.05) is 37.3 Å². The van der Waals surface area contributed by atoms with E-state index < -0.39 is 0 Å². The van der Waals surface area contributed by atoms with Crippen LogP contribution in [0.15, 0.2) is 30.3 Å². The average molecular weight is 232 g/mol. The third-order valence-corrected chi connectivity index (χ3v) is 4.16. The van der Waals surface area contributed by atoms with Crippen LogP contribution < -0.4 is 0 Å². The Balaban J connectivity index is 1.75. The van der Waals surface area contributed by atoms with Gasteiger partial charge in [0.1, 0.15) is 0 Å². The zero-order valence-corrected chi connectivity index (χ0v) is 10.9. The van der Waals surface area contributed by atoms with Crippen molar-refractivity contribution in [2.24, 2.45) is 5.92 Å². The molecule has 94 valence electrons. The largest absolute Gasteiger partial charge is 0.390 e. The number of rotatable bonds is 4. The van der Waals surface area contributed by atoms with Crippen molar-refractivity contribution in [3.8, 4) is 0 Å². The van der Waals surface area contributed by atoms with Crippen molar-refractivity contribution in [3.63, 3.8) is 0 Å². The van der Waals surface area contributed by atoms with Gasteiger partial charge in [0.15, 0.2) is 0 Å². The lowest BCUT2D eigenvalue weighted by Gasteiger charge is -2.35. The van der Waals surface area contributed by atoms with E-state index >= 15 is 0 Å². The normalized spacial score (nSPS) is 29.2. The van der Waals surface area contributed by atoms with Crippen LogP contribution in [0.25, 0.3) is 0 Å². The second kappa shape index (κ2) is 5.68. The molecule has 1 aliphatic rings. The van der Waals surface area contributed by atoms with Crippen LogP contribution in [0.4, 0.5) is 0 Å². The highest BCUT2D eigenvalue weighted by molar-refractivity contribution is 5.14. The Hall–Kier alpha value is -0.820. The first-order chi connectivity index (χ1) is 8.18. The molecule has 1 heteroatoms. The second-order valence-electron chi connectivity index (χ2n) is 5.75. The summed E-state index contributed by atoms with van der Waals surface area (Å²) in [6.45, 7) is 2.30. The van der Waals surface area contributed by atoms with Gasteiger partial charge in [0.05, 0.1) is 5.60 Å². The quantitative estimate of drug-likeness (QED) is 0.833. The lowest BCUT2D eigenvalue weighted by Crippen LogP contribution is -2.33. The van der Waals surface area contributed by atoms with Crippen LogP contribution in [-0.2, 0) is 6.42 Å². The van der Waals surface area contributed by atoms with E-state index in [4.69, 9.17) is 0 Å². The summed E-state index contributed by atoms with van der Waals surface area (Å²) in [5.74, 6) is 0.810. The first kappa shape index (κ1) is 12.6. The van der Waals surface area contributed by atoms with Crippen LogP contribution >= 0.6 is 0 Å². The molecule has 0 saturated heterocycles. The molecular formula is C16H24O. The predicted molar refractivity (Wildman–Crippen MR) is 72.0 cm³/mol. The topological polar surface area (TPSA) is 20.2 Å². The summed E-state index contributed by atoms with van der Waals surface area (Å²) in [4.78, 5) is 0. The van der Waals surface area contributed by atoms with Gasteiger partial charge < -0.3 is 5.11 Å². The zero-order valence-electron chi connectivity index (χ0n) is 10.9. The van der Waals surface area contributed by atoms with E-state index in [0.717, 1.165) is 38.0 Å². The van der Waals surface area contributed by atoms with E-state index in [-0.39, 0.29) is 5.60 Å². The predicted octanol–water partition coefficient (Wildman–Crippen LogP) is 3.95. The maximum atomic E-state index is 10.5. The molecular weight excluding hydrogens is 208 g/mol. The van der Waals surface area contributed by atoms with Crippen LogP contribution in [0.2, 0.25) is 0 Å². The van der Waals surface area contributed by atoms with Crippen molar-refractivity contribution in [1.82, 2.24) is 0 Å². The molecule has 2 rings (SSSR count). The Morgan fingerprint density at radius 2 is 1.82 bits per heavy atom. The van der Waals surface area contributed by atoms with Gasteiger partial charge in [0.25, 0.3) is 0 Å². The third-order valence-electron chi connectivity index (χ3n) is 4.16. The maximum absolute atomic E-state index is 10.5. The van der Waals surface area contributed by atoms with E-state index in [1.165, 1.54) is 18.4 Å². The smallest absolute Gasteiger partial charge is 0.0648 e. The molecule has 1 saturated carbocycles. The summed E-state index contributed by atoms with van der Waals surface area (Å²) in [5, 5.41) is 10.5. The Bertz CT molecular complexity index is 323. The molecule has 0 bridgehead atoms. The fourth-order valence-electron chi connectivity index (χ4n) is 2.82. The fourth-order valence-corrected chi connectivity index (χ4v) is 2.82. The van der Waals surface area contributed by atoms with Crippen molar-refractivity contribution < 1.29 is 5.11 Å². The summed E-state index contributed by atoms with van der Waals surface area (Å²) < 4.78 is 0. The molecule has 1 nitrogen and oxygen atoms in total. The van der Waals surface area contributed by atoms with Gasteiger partial charge in [-0.3, -0.25) is 0 Å². The third kappa shape index (κ3) is 3.85. The number of benzene rings is 1. The minimum Gasteiger partial charge on any atom is -0.390 e. The number of hydrogen-bond acceptors (Lipinski definition) is 1. The Morgan fingerprint density at radius 3 is 2.47 bits per heavy atom. The molecule has 0 unspecified atom stereocenters. The molecule has 1 aliphatic carbocycles. The molecule has 1 N–H and O–H groups in total. The van der Waals surface area contributed by atoms with Crippen LogP contribution in [0.3, 0.4) is 0 Å². The first-order valence-corrected chi connectivity index (χ1v) is 6.94. The van der Waals surface area contributed by atoms with Gasteiger partial charge in [-0.15, -0.1) is 0 Å². The highest BCUT2D eigenvalue weighted by Crippen LogP contribution is 2.35. The Labute approximate surface area is 105 Å². The molecule has 0 heterocycles. The van der Waals surface area contributed by atoms with Gasteiger partial charge in [-0.05, 0) is 56.4 Å². The minimum absolute atomic E-state index is 0.360. The summed E-state index contributed by atoms with van der Waals surface area (Å²) >= 11 is 0. The van der Waals surface area contributed by atoms with Gasteiger partial charge in [-0.25, -0.2) is 0 Å². The number of hydrogen-bond donors (Lipinski definition) is 1. The molecule has 17 heavy (non-hydrogen) atoms. The average Bonchev–Trinajstić information content (AvgIpc) is 2.35. The molecule has 0 aromatic heterocycles. The summed E-state index contributed by atoms with van der Waals surface area (Å²) in [6, 6.07) is 10.6. The lowest BCUT2D eigenvalue weighted by molar-refractivity contribution is -0.0159. The molecule has 0 radical (unpaired) electrons. The van der Waals surface area contributed by atoms with Crippen molar-refractivity contribution >= 4 is 0 Å². The maximum Gasteiger partial charge on any atom is 0.0648 e. The number of aliphatic hydroxyl groups is 1. The molecule has 0 aliphatic heterocycles.